The number of aliphatic carboxylic acids is 1. The Bertz CT molecular complexity index is 267. The van der Waals surface area contributed by atoms with Gasteiger partial charge in [0, 0.05) is 12.6 Å². The van der Waals surface area contributed by atoms with Crippen molar-refractivity contribution in [2.24, 2.45) is 5.92 Å². The van der Waals surface area contributed by atoms with Crippen molar-refractivity contribution < 1.29 is 19.4 Å². The number of carbonyl (C=O) groups excluding carboxylic acids is 1. The van der Waals surface area contributed by atoms with Gasteiger partial charge in [0.2, 0.25) is 5.91 Å². The molecule has 1 fully saturated rings. The Morgan fingerprint density at radius 1 is 1.50 bits per heavy atom. The molecule has 3 atom stereocenters. The second-order valence-corrected chi connectivity index (χ2v) is 4.15. The van der Waals surface area contributed by atoms with E-state index in [1.165, 1.54) is 0 Å². The molecule has 0 radical (unpaired) electrons. The Kier molecular flexibility index (Phi) is 4.73. The number of amides is 1. The summed E-state index contributed by atoms with van der Waals surface area (Å²) in [7, 11) is 0. The number of nitrogens with one attached hydrogen (secondary N) is 1. The molecular formula is C11H19NO4. The van der Waals surface area contributed by atoms with E-state index in [1.807, 2.05) is 6.92 Å². The van der Waals surface area contributed by atoms with Crippen molar-refractivity contribution in [2.75, 3.05) is 6.61 Å². The van der Waals surface area contributed by atoms with Gasteiger partial charge < -0.3 is 15.2 Å². The molecule has 0 spiro atoms. The van der Waals surface area contributed by atoms with E-state index in [1.54, 1.807) is 6.92 Å². The first-order valence-electron chi connectivity index (χ1n) is 5.69. The number of ether oxygens (including phenoxy) is 1. The van der Waals surface area contributed by atoms with Gasteiger partial charge in [-0.05, 0) is 33.1 Å². The summed E-state index contributed by atoms with van der Waals surface area (Å²) in [6.45, 7) is 4.03. The highest BCUT2D eigenvalue weighted by Gasteiger charge is 2.31. The van der Waals surface area contributed by atoms with Gasteiger partial charge in [-0.25, -0.2) is 0 Å². The lowest BCUT2D eigenvalue weighted by atomic mass is 10.1. The molecule has 1 aliphatic carbocycles. The van der Waals surface area contributed by atoms with E-state index in [4.69, 9.17) is 9.84 Å². The zero-order valence-corrected chi connectivity index (χ0v) is 9.73. The van der Waals surface area contributed by atoms with Crippen LogP contribution in [-0.2, 0) is 14.3 Å². The smallest absolute Gasteiger partial charge is 0.306 e. The SMILES string of the molecule is CCOC(C)C(=O)N[C@H]1CC[C@@H](C(=O)O)C1. The Balaban J connectivity index is 2.33. The molecule has 1 rings (SSSR count). The van der Waals surface area contributed by atoms with Crippen molar-refractivity contribution in [3.05, 3.63) is 0 Å². The van der Waals surface area contributed by atoms with Crippen LogP contribution in [0.25, 0.3) is 0 Å². The van der Waals surface area contributed by atoms with Crippen molar-refractivity contribution in [1.82, 2.24) is 5.32 Å². The largest absolute Gasteiger partial charge is 0.481 e. The van der Waals surface area contributed by atoms with Crippen LogP contribution in [-0.4, -0.2) is 35.7 Å². The van der Waals surface area contributed by atoms with Crippen LogP contribution >= 0.6 is 0 Å². The number of hydrogen-bond donors (Lipinski definition) is 2. The summed E-state index contributed by atoms with van der Waals surface area (Å²) in [6.07, 6.45) is 1.44. The molecule has 2 N–H and O–H groups in total. The summed E-state index contributed by atoms with van der Waals surface area (Å²) in [5, 5.41) is 11.6. The molecule has 1 amide bonds. The maximum absolute atomic E-state index is 11.6. The average molecular weight is 229 g/mol. The zero-order valence-electron chi connectivity index (χ0n) is 9.73. The summed E-state index contributed by atoms with van der Waals surface area (Å²) < 4.78 is 5.16. The van der Waals surface area contributed by atoms with Gasteiger partial charge in [-0.3, -0.25) is 9.59 Å². The molecule has 0 aromatic carbocycles. The Hall–Kier alpha value is -1.10. The first-order chi connectivity index (χ1) is 7.54. The number of rotatable bonds is 5. The monoisotopic (exact) mass is 229 g/mol. The highest BCUT2D eigenvalue weighted by molar-refractivity contribution is 5.80. The summed E-state index contributed by atoms with van der Waals surface area (Å²) in [6, 6.07) is -0.0171. The van der Waals surface area contributed by atoms with Crippen LogP contribution in [0.5, 0.6) is 0 Å². The number of carboxylic acids is 1. The molecule has 0 saturated heterocycles. The average Bonchev–Trinajstić information content (AvgIpc) is 2.66. The number of carbonyl (C=O) groups is 2. The molecule has 1 unspecified atom stereocenters. The zero-order chi connectivity index (χ0) is 12.1. The van der Waals surface area contributed by atoms with Crippen LogP contribution in [0, 0.1) is 5.92 Å². The van der Waals surface area contributed by atoms with E-state index in [2.05, 4.69) is 5.32 Å². The highest BCUT2D eigenvalue weighted by Crippen LogP contribution is 2.25. The minimum atomic E-state index is -0.769. The molecule has 1 saturated carbocycles. The molecule has 0 bridgehead atoms. The van der Waals surface area contributed by atoms with E-state index in [0.717, 1.165) is 6.42 Å². The predicted molar refractivity (Wildman–Crippen MR) is 58.0 cm³/mol. The summed E-state index contributed by atoms with van der Waals surface area (Å²) in [5.41, 5.74) is 0. The third-order valence-electron chi connectivity index (χ3n) is 2.91. The van der Waals surface area contributed by atoms with Gasteiger partial charge in [0.25, 0.3) is 0 Å². The van der Waals surface area contributed by atoms with Gasteiger partial charge in [-0.2, -0.15) is 0 Å². The van der Waals surface area contributed by atoms with E-state index in [9.17, 15) is 9.59 Å². The van der Waals surface area contributed by atoms with Gasteiger partial charge in [-0.1, -0.05) is 0 Å². The van der Waals surface area contributed by atoms with Gasteiger partial charge >= 0.3 is 5.97 Å². The molecular weight excluding hydrogens is 210 g/mol. The molecule has 1 aliphatic rings. The molecule has 0 aliphatic heterocycles. The first-order valence-corrected chi connectivity index (χ1v) is 5.69. The predicted octanol–water partition coefficient (Wildman–Crippen LogP) is 0.781. The Labute approximate surface area is 95.2 Å². The quantitative estimate of drug-likeness (QED) is 0.730. The number of hydrogen-bond acceptors (Lipinski definition) is 3. The molecule has 5 nitrogen and oxygen atoms in total. The molecule has 5 heteroatoms. The van der Waals surface area contributed by atoms with E-state index >= 15 is 0 Å². The maximum atomic E-state index is 11.6. The molecule has 0 aromatic heterocycles. The van der Waals surface area contributed by atoms with E-state index in [-0.39, 0.29) is 17.9 Å². The summed E-state index contributed by atoms with van der Waals surface area (Å²) >= 11 is 0. The molecule has 0 heterocycles. The van der Waals surface area contributed by atoms with E-state index < -0.39 is 12.1 Å². The molecule has 0 aromatic rings. The van der Waals surface area contributed by atoms with Crippen LogP contribution in [0.1, 0.15) is 33.1 Å². The highest BCUT2D eigenvalue weighted by atomic mass is 16.5. The maximum Gasteiger partial charge on any atom is 0.306 e. The van der Waals surface area contributed by atoms with E-state index in [0.29, 0.717) is 19.4 Å². The third kappa shape index (κ3) is 3.48. The lowest BCUT2D eigenvalue weighted by Crippen LogP contribution is -2.40. The van der Waals surface area contributed by atoms with Gasteiger partial charge in [0.05, 0.1) is 5.92 Å². The van der Waals surface area contributed by atoms with Crippen LogP contribution in [0.4, 0.5) is 0 Å². The molecule has 16 heavy (non-hydrogen) atoms. The van der Waals surface area contributed by atoms with Crippen molar-refractivity contribution in [1.29, 1.82) is 0 Å². The van der Waals surface area contributed by atoms with Crippen molar-refractivity contribution in [3.8, 4) is 0 Å². The first kappa shape index (κ1) is 13.0. The van der Waals surface area contributed by atoms with Crippen LogP contribution in [0.15, 0.2) is 0 Å². The van der Waals surface area contributed by atoms with Crippen LogP contribution < -0.4 is 5.32 Å². The van der Waals surface area contributed by atoms with Crippen molar-refractivity contribution >= 4 is 11.9 Å². The lowest BCUT2D eigenvalue weighted by molar-refractivity contribution is -0.141. The summed E-state index contributed by atoms with van der Waals surface area (Å²) in [4.78, 5) is 22.3. The normalized spacial score (nSPS) is 26.4. The lowest BCUT2D eigenvalue weighted by Gasteiger charge is -2.16. The fourth-order valence-corrected chi connectivity index (χ4v) is 1.98. The Morgan fingerprint density at radius 3 is 2.69 bits per heavy atom. The fourth-order valence-electron chi connectivity index (χ4n) is 1.98. The third-order valence-corrected chi connectivity index (χ3v) is 2.91. The second kappa shape index (κ2) is 5.84. The van der Waals surface area contributed by atoms with Crippen molar-refractivity contribution in [2.45, 2.75) is 45.3 Å². The standard InChI is InChI=1S/C11H19NO4/c1-3-16-7(2)10(13)12-9-5-4-8(6-9)11(14)15/h7-9H,3-6H2,1-2H3,(H,12,13)(H,14,15)/t7?,8-,9+/m1/s1. The van der Waals surface area contributed by atoms with Crippen LogP contribution in [0.3, 0.4) is 0 Å². The minimum Gasteiger partial charge on any atom is -0.481 e. The van der Waals surface area contributed by atoms with Crippen LogP contribution in [0.2, 0.25) is 0 Å². The van der Waals surface area contributed by atoms with Gasteiger partial charge in [-0.15, -0.1) is 0 Å². The number of carboxylic acid groups (broad SMARTS) is 1. The molecule has 92 valence electrons. The summed E-state index contributed by atoms with van der Waals surface area (Å²) in [5.74, 6) is -1.24. The topological polar surface area (TPSA) is 75.6 Å². The van der Waals surface area contributed by atoms with Gasteiger partial charge in [0.15, 0.2) is 0 Å². The second-order valence-electron chi connectivity index (χ2n) is 4.15. The fraction of sp³-hybridized carbons (Fsp3) is 0.818. The van der Waals surface area contributed by atoms with Crippen molar-refractivity contribution in [3.63, 3.8) is 0 Å². The Morgan fingerprint density at radius 2 is 2.19 bits per heavy atom. The minimum absolute atomic E-state index is 0.0171. The van der Waals surface area contributed by atoms with Gasteiger partial charge in [0.1, 0.15) is 6.10 Å².